The number of ketones is 1. The number of pyridine rings is 1. The maximum atomic E-state index is 12.0. The van der Waals surface area contributed by atoms with Gasteiger partial charge in [0, 0.05) is 25.9 Å². The average molecular weight is 362 g/mol. The number of likely N-dealkylation sites (tertiary alicyclic amines) is 1. The molecule has 1 aromatic heterocycles. The van der Waals surface area contributed by atoms with E-state index in [0.29, 0.717) is 18.2 Å². The van der Waals surface area contributed by atoms with Crippen LogP contribution in [-0.4, -0.2) is 53.7 Å². The van der Waals surface area contributed by atoms with Crippen LogP contribution in [0.5, 0.6) is 0 Å². The van der Waals surface area contributed by atoms with Crippen LogP contribution in [0.15, 0.2) is 24.4 Å². The molecule has 2 rings (SSSR count). The number of piperidine rings is 1. The van der Waals surface area contributed by atoms with Gasteiger partial charge in [-0.25, -0.2) is 4.79 Å². The highest BCUT2D eigenvalue weighted by molar-refractivity contribution is 5.95. The zero-order chi connectivity index (χ0) is 19.0. The summed E-state index contributed by atoms with van der Waals surface area (Å²) in [4.78, 5) is 29.7. The Bertz CT molecular complexity index is 575. The molecule has 1 saturated heterocycles. The molecule has 0 atom stereocenters. The maximum absolute atomic E-state index is 12.0. The lowest BCUT2D eigenvalue weighted by Gasteiger charge is -2.33. The Kier molecular flexibility index (Phi) is 7.57. The number of rotatable bonds is 7. The summed E-state index contributed by atoms with van der Waals surface area (Å²) in [6.45, 7) is 7.80. The molecule has 0 N–H and O–H groups in total. The zero-order valence-electron chi connectivity index (χ0n) is 16.1. The van der Waals surface area contributed by atoms with Crippen molar-refractivity contribution in [3.63, 3.8) is 0 Å². The van der Waals surface area contributed by atoms with Gasteiger partial charge in [0.2, 0.25) is 5.78 Å². The van der Waals surface area contributed by atoms with Gasteiger partial charge in [-0.1, -0.05) is 6.07 Å². The summed E-state index contributed by atoms with van der Waals surface area (Å²) in [5.74, 6) is 0.514. The second-order valence-electron chi connectivity index (χ2n) is 7.74. The molecule has 0 bridgehead atoms. The molecule has 1 amide bonds. The molecule has 0 radical (unpaired) electrons. The number of Topliss-reactive ketones (excluding diaryl/α,β-unsaturated/α-hetero) is 1. The predicted molar refractivity (Wildman–Crippen MR) is 99.2 cm³/mol. The van der Waals surface area contributed by atoms with Crippen LogP contribution >= 0.6 is 0 Å². The van der Waals surface area contributed by atoms with Crippen molar-refractivity contribution in [3.8, 4) is 0 Å². The third-order valence-corrected chi connectivity index (χ3v) is 4.35. The van der Waals surface area contributed by atoms with Gasteiger partial charge in [-0.05, 0) is 64.5 Å². The first-order chi connectivity index (χ1) is 12.3. The monoisotopic (exact) mass is 362 g/mol. The van der Waals surface area contributed by atoms with Gasteiger partial charge >= 0.3 is 6.09 Å². The van der Waals surface area contributed by atoms with E-state index in [0.717, 1.165) is 38.8 Å². The molecule has 6 heteroatoms. The molecule has 6 nitrogen and oxygen atoms in total. The number of ether oxygens (including phenoxy) is 2. The molecule has 0 aromatic carbocycles. The first kappa shape index (κ1) is 20.4. The molecule has 0 unspecified atom stereocenters. The first-order valence-corrected chi connectivity index (χ1v) is 9.35. The molecule has 144 valence electrons. The molecule has 1 fully saturated rings. The second kappa shape index (κ2) is 9.67. The molecule has 2 heterocycles. The SMILES string of the molecule is CC(C)(C)OC(=O)N1CCC(CCCOCC(=O)c2ccccn2)CC1. The average Bonchev–Trinajstić information content (AvgIpc) is 2.61. The first-order valence-electron chi connectivity index (χ1n) is 9.35. The fraction of sp³-hybridized carbons (Fsp3) is 0.650. The van der Waals surface area contributed by atoms with Crippen molar-refractivity contribution in [3.05, 3.63) is 30.1 Å². The van der Waals surface area contributed by atoms with Gasteiger partial charge in [0.15, 0.2) is 0 Å². The van der Waals surface area contributed by atoms with E-state index in [-0.39, 0.29) is 18.5 Å². The summed E-state index contributed by atoms with van der Waals surface area (Å²) in [6.07, 6.45) is 5.36. The van der Waals surface area contributed by atoms with Gasteiger partial charge < -0.3 is 14.4 Å². The third kappa shape index (κ3) is 7.12. The highest BCUT2D eigenvalue weighted by atomic mass is 16.6. The van der Waals surface area contributed by atoms with Crippen molar-refractivity contribution in [2.45, 2.75) is 52.1 Å². The van der Waals surface area contributed by atoms with Crippen molar-refractivity contribution in [1.82, 2.24) is 9.88 Å². The van der Waals surface area contributed by atoms with Crippen LogP contribution in [0.3, 0.4) is 0 Å². The topological polar surface area (TPSA) is 68.7 Å². The Morgan fingerprint density at radius 3 is 2.58 bits per heavy atom. The normalized spacial score (nSPS) is 15.7. The van der Waals surface area contributed by atoms with Crippen molar-refractivity contribution in [1.29, 1.82) is 0 Å². The van der Waals surface area contributed by atoms with E-state index < -0.39 is 5.60 Å². The molecule has 0 saturated carbocycles. The number of amides is 1. The summed E-state index contributed by atoms with van der Waals surface area (Å²) in [5.41, 5.74) is -0.000143. The van der Waals surface area contributed by atoms with E-state index in [1.165, 1.54) is 0 Å². The number of hydrogen-bond acceptors (Lipinski definition) is 5. The van der Waals surface area contributed by atoms with Crippen LogP contribution < -0.4 is 0 Å². The summed E-state index contributed by atoms with van der Waals surface area (Å²) < 4.78 is 10.9. The molecule has 0 spiro atoms. The van der Waals surface area contributed by atoms with Crippen molar-refractivity contribution in [2.75, 3.05) is 26.3 Å². The van der Waals surface area contributed by atoms with Crippen LogP contribution in [0.2, 0.25) is 0 Å². The van der Waals surface area contributed by atoms with E-state index in [2.05, 4.69) is 4.98 Å². The summed E-state index contributed by atoms with van der Waals surface area (Å²) in [7, 11) is 0. The lowest BCUT2D eigenvalue weighted by atomic mass is 9.92. The smallest absolute Gasteiger partial charge is 0.410 e. The predicted octanol–water partition coefficient (Wildman–Crippen LogP) is 3.71. The Morgan fingerprint density at radius 2 is 1.96 bits per heavy atom. The van der Waals surface area contributed by atoms with Crippen molar-refractivity contribution in [2.24, 2.45) is 5.92 Å². The van der Waals surface area contributed by atoms with Crippen LogP contribution in [0.25, 0.3) is 0 Å². The largest absolute Gasteiger partial charge is 0.444 e. The number of nitrogens with zero attached hydrogens (tertiary/aromatic N) is 2. The lowest BCUT2D eigenvalue weighted by molar-refractivity contribution is 0.0177. The summed E-state index contributed by atoms with van der Waals surface area (Å²) in [5, 5.41) is 0. The van der Waals surface area contributed by atoms with Gasteiger partial charge in [-0.2, -0.15) is 0 Å². The van der Waals surface area contributed by atoms with Crippen molar-refractivity contribution < 1.29 is 19.1 Å². The molecule has 1 aliphatic rings. The standard InChI is InChI=1S/C20H30N2O4/c1-20(2,3)26-19(24)22-12-9-16(10-13-22)7-6-14-25-15-18(23)17-8-4-5-11-21-17/h4-5,8,11,16H,6-7,9-10,12-15H2,1-3H3. The Balaban J connectivity index is 1.56. The van der Waals surface area contributed by atoms with Crippen LogP contribution in [0.1, 0.15) is 56.9 Å². The van der Waals surface area contributed by atoms with Gasteiger partial charge in [0.05, 0.1) is 0 Å². The van der Waals surface area contributed by atoms with Gasteiger partial charge in [0.25, 0.3) is 0 Å². The molecular formula is C20H30N2O4. The van der Waals surface area contributed by atoms with Gasteiger partial charge in [0.1, 0.15) is 17.9 Å². The number of carbonyl (C=O) groups excluding carboxylic acids is 2. The highest BCUT2D eigenvalue weighted by Crippen LogP contribution is 2.23. The zero-order valence-corrected chi connectivity index (χ0v) is 16.1. The molecule has 1 aliphatic heterocycles. The Labute approximate surface area is 155 Å². The molecule has 26 heavy (non-hydrogen) atoms. The van der Waals surface area contributed by atoms with Crippen LogP contribution in [-0.2, 0) is 9.47 Å². The Morgan fingerprint density at radius 1 is 1.23 bits per heavy atom. The van der Waals surface area contributed by atoms with Crippen molar-refractivity contribution >= 4 is 11.9 Å². The summed E-state index contributed by atoms with van der Waals surface area (Å²) in [6, 6.07) is 5.28. The fourth-order valence-corrected chi connectivity index (χ4v) is 2.97. The van der Waals surface area contributed by atoms with E-state index in [4.69, 9.17) is 9.47 Å². The molecular weight excluding hydrogens is 332 g/mol. The minimum Gasteiger partial charge on any atom is -0.444 e. The van der Waals surface area contributed by atoms with E-state index in [1.807, 2.05) is 20.8 Å². The Hall–Kier alpha value is -1.95. The van der Waals surface area contributed by atoms with E-state index in [9.17, 15) is 9.59 Å². The quantitative estimate of drug-likeness (QED) is 0.546. The number of aromatic nitrogens is 1. The van der Waals surface area contributed by atoms with E-state index in [1.54, 1.807) is 29.3 Å². The number of carbonyl (C=O) groups is 2. The summed E-state index contributed by atoms with van der Waals surface area (Å²) >= 11 is 0. The van der Waals surface area contributed by atoms with Crippen LogP contribution in [0.4, 0.5) is 4.79 Å². The molecule has 0 aliphatic carbocycles. The minimum absolute atomic E-state index is 0.0775. The van der Waals surface area contributed by atoms with Gasteiger partial charge in [-0.15, -0.1) is 0 Å². The number of hydrogen-bond donors (Lipinski definition) is 0. The minimum atomic E-state index is -0.446. The maximum Gasteiger partial charge on any atom is 0.410 e. The second-order valence-corrected chi connectivity index (χ2v) is 7.74. The fourth-order valence-electron chi connectivity index (χ4n) is 2.97. The van der Waals surface area contributed by atoms with Crippen LogP contribution in [0, 0.1) is 5.92 Å². The van der Waals surface area contributed by atoms with Gasteiger partial charge in [-0.3, -0.25) is 9.78 Å². The van der Waals surface area contributed by atoms with E-state index >= 15 is 0 Å². The molecule has 1 aromatic rings. The lowest BCUT2D eigenvalue weighted by Crippen LogP contribution is -2.41. The third-order valence-electron chi connectivity index (χ3n) is 4.35. The highest BCUT2D eigenvalue weighted by Gasteiger charge is 2.26.